The van der Waals surface area contributed by atoms with E-state index in [1.165, 1.54) is 0 Å². The van der Waals surface area contributed by atoms with E-state index in [1.807, 2.05) is 42.2 Å². The average molecular weight is 739 g/mol. The van der Waals surface area contributed by atoms with Gasteiger partial charge in [0, 0.05) is 65.3 Å². The molecular formula is C36H52BrN5O3Si2. The molecule has 1 aliphatic carbocycles. The van der Waals surface area contributed by atoms with E-state index >= 15 is 0 Å². The average Bonchev–Trinajstić information content (AvgIpc) is 3.47. The van der Waals surface area contributed by atoms with E-state index in [9.17, 15) is 0 Å². The number of anilines is 1. The molecule has 5 rings (SSSR count). The van der Waals surface area contributed by atoms with Gasteiger partial charge in [0.2, 0.25) is 0 Å². The highest BCUT2D eigenvalue weighted by Crippen LogP contribution is 2.41. The highest BCUT2D eigenvalue weighted by molar-refractivity contribution is 9.10. The van der Waals surface area contributed by atoms with E-state index in [4.69, 9.17) is 29.3 Å². The Kier molecular flexibility index (Phi) is 12.1. The Morgan fingerprint density at radius 2 is 1.47 bits per heavy atom. The first-order chi connectivity index (χ1) is 22.4. The van der Waals surface area contributed by atoms with E-state index < -0.39 is 16.1 Å². The third-order valence-corrected chi connectivity index (χ3v) is 13.1. The van der Waals surface area contributed by atoms with E-state index in [0.717, 1.165) is 95.0 Å². The summed E-state index contributed by atoms with van der Waals surface area (Å²) in [7, 11) is -0.657. The maximum Gasteiger partial charge on any atom is 0.165 e. The summed E-state index contributed by atoms with van der Waals surface area (Å²) in [5.74, 6) is 1.23. The molecular weight excluding hydrogens is 687 g/mol. The van der Waals surface area contributed by atoms with Crippen molar-refractivity contribution in [1.29, 1.82) is 0 Å². The molecule has 0 amide bonds. The van der Waals surface area contributed by atoms with Gasteiger partial charge in [-0.1, -0.05) is 75.7 Å². The number of halogens is 1. The Labute approximate surface area is 291 Å². The van der Waals surface area contributed by atoms with Crippen molar-refractivity contribution in [2.45, 2.75) is 89.1 Å². The van der Waals surface area contributed by atoms with Crippen molar-refractivity contribution >= 4 is 43.5 Å². The molecule has 0 aliphatic heterocycles. The van der Waals surface area contributed by atoms with Crippen molar-refractivity contribution in [3.05, 3.63) is 65.0 Å². The maximum absolute atomic E-state index is 6.37. The summed E-state index contributed by atoms with van der Waals surface area (Å²) in [5.41, 5.74) is 5.85. The molecule has 3 heterocycles. The number of fused-ring (bicyclic) bond motifs is 1. The zero-order chi connectivity index (χ0) is 33.6. The third kappa shape index (κ3) is 9.60. The zero-order valence-electron chi connectivity index (χ0n) is 29.3. The largest absolute Gasteiger partial charge is 0.381 e. The number of rotatable bonds is 15. The smallest absolute Gasteiger partial charge is 0.165 e. The van der Waals surface area contributed by atoms with Crippen LogP contribution in [0.5, 0.6) is 0 Å². The summed E-state index contributed by atoms with van der Waals surface area (Å²) in [6.07, 6.45) is 8.25. The number of methoxy groups -OCH3 is 1. The van der Waals surface area contributed by atoms with Crippen molar-refractivity contribution in [1.82, 2.24) is 19.6 Å². The fourth-order valence-electron chi connectivity index (χ4n) is 5.89. The Hall–Kier alpha value is -2.42. The molecule has 0 saturated heterocycles. The van der Waals surface area contributed by atoms with Gasteiger partial charge in [-0.3, -0.25) is 4.98 Å². The molecule has 47 heavy (non-hydrogen) atoms. The summed E-state index contributed by atoms with van der Waals surface area (Å²) in [6, 6.07) is 16.7. The van der Waals surface area contributed by atoms with Crippen LogP contribution in [0, 0.1) is 0 Å². The molecule has 4 aromatic rings. The molecule has 1 saturated carbocycles. The number of pyridine rings is 1. The SMILES string of the molecule is COC1CCC(c2nc3c(-c4ccc(-c5ccccc5)nc4)cnn3c(N(COCC[Si](C)(C)C)COCC[Si](C)(C)C)c2Br)CC1. The minimum atomic E-state index is -1.24. The zero-order valence-corrected chi connectivity index (χ0v) is 32.8. The molecule has 0 unspecified atom stereocenters. The van der Waals surface area contributed by atoms with Gasteiger partial charge in [0.15, 0.2) is 11.5 Å². The summed E-state index contributed by atoms with van der Waals surface area (Å²) in [4.78, 5) is 12.4. The van der Waals surface area contributed by atoms with Gasteiger partial charge in [-0.05, 0) is 59.8 Å². The van der Waals surface area contributed by atoms with Gasteiger partial charge < -0.3 is 19.1 Å². The molecule has 0 bridgehead atoms. The van der Waals surface area contributed by atoms with Crippen LogP contribution in [0.25, 0.3) is 28.0 Å². The topological polar surface area (TPSA) is 74.0 Å². The molecule has 11 heteroatoms. The van der Waals surface area contributed by atoms with Crippen LogP contribution in [0.4, 0.5) is 5.82 Å². The highest BCUT2D eigenvalue weighted by atomic mass is 79.9. The van der Waals surface area contributed by atoms with Gasteiger partial charge in [-0.25, -0.2) is 4.98 Å². The summed E-state index contributed by atoms with van der Waals surface area (Å²) in [6.45, 7) is 16.6. The van der Waals surface area contributed by atoms with Crippen molar-refractivity contribution in [3.63, 3.8) is 0 Å². The molecule has 3 aromatic heterocycles. The Bertz CT molecular complexity index is 1560. The van der Waals surface area contributed by atoms with Crippen LogP contribution in [0.2, 0.25) is 51.4 Å². The Morgan fingerprint density at radius 3 is 2.02 bits per heavy atom. The second kappa shape index (κ2) is 15.9. The van der Waals surface area contributed by atoms with Crippen LogP contribution in [-0.2, 0) is 14.2 Å². The van der Waals surface area contributed by atoms with Crippen molar-refractivity contribution < 1.29 is 14.2 Å². The molecule has 0 spiro atoms. The van der Waals surface area contributed by atoms with Gasteiger partial charge >= 0.3 is 0 Å². The van der Waals surface area contributed by atoms with Gasteiger partial charge in [-0.15, -0.1) is 0 Å². The van der Waals surface area contributed by atoms with E-state index in [0.29, 0.717) is 25.5 Å². The molecule has 8 nitrogen and oxygen atoms in total. The van der Waals surface area contributed by atoms with Crippen LogP contribution in [-0.4, -0.2) is 75.6 Å². The molecule has 0 radical (unpaired) electrons. The fraction of sp³-hybridized carbons (Fsp3) is 0.528. The number of hydrogen-bond donors (Lipinski definition) is 0. The predicted octanol–water partition coefficient (Wildman–Crippen LogP) is 9.32. The van der Waals surface area contributed by atoms with Gasteiger partial charge in [0.25, 0.3) is 0 Å². The first kappa shape index (κ1) is 35.9. The van der Waals surface area contributed by atoms with Crippen molar-refractivity contribution in [2.75, 3.05) is 38.7 Å². The molecule has 0 N–H and O–H groups in total. The van der Waals surface area contributed by atoms with Crippen LogP contribution >= 0.6 is 15.9 Å². The molecule has 1 aromatic carbocycles. The van der Waals surface area contributed by atoms with E-state index in [2.05, 4.69) is 84.4 Å². The van der Waals surface area contributed by atoms with Crippen molar-refractivity contribution in [2.24, 2.45) is 0 Å². The lowest BCUT2D eigenvalue weighted by Crippen LogP contribution is -2.34. The standard InChI is InChI=1S/C36H52BrN5O3Si2/c1-43-30-16-13-28(14-17-30)34-33(37)36(41(25-44-19-21-46(2,3)4)26-45-20-22-47(5,6)7)42-35(40-34)31(24-39-42)29-15-18-32(38-23-29)27-11-9-8-10-12-27/h8-12,15,18,23-24,28,30H,13-14,16-17,19-22,25-26H2,1-7H3. The molecule has 1 fully saturated rings. The summed E-state index contributed by atoms with van der Waals surface area (Å²) >= 11 is 4.05. The number of nitrogens with zero attached hydrogens (tertiary/aromatic N) is 5. The molecule has 254 valence electrons. The minimum absolute atomic E-state index is 0.309. The van der Waals surface area contributed by atoms with E-state index in [1.54, 1.807) is 0 Å². The van der Waals surface area contributed by atoms with Gasteiger partial charge in [-0.2, -0.15) is 9.61 Å². The van der Waals surface area contributed by atoms with Gasteiger partial charge in [0.1, 0.15) is 13.5 Å². The molecule has 1 aliphatic rings. The number of benzene rings is 1. The van der Waals surface area contributed by atoms with Crippen LogP contribution in [0.1, 0.15) is 37.3 Å². The first-order valence-corrected chi connectivity index (χ1v) is 25.2. The Balaban J connectivity index is 1.54. The monoisotopic (exact) mass is 737 g/mol. The lowest BCUT2D eigenvalue weighted by molar-refractivity contribution is 0.0654. The third-order valence-electron chi connectivity index (χ3n) is 8.92. The number of hydrogen-bond acceptors (Lipinski definition) is 7. The van der Waals surface area contributed by atoms with Crippen molar-refractivity contribution in [3.8, 4) is 22.4 Å². The molecule has 0 atom stereocenters. The highest BCUT2D eigenvalue weighted by Gasteiger charge is 2.30. The number of aromatic nitrogens is 4. The second-order valence-electron chi connectivity index (χ2n) is 15.2. The minimum Gasteiger partial charge on any atom is -0.381 e. The van der Waals surface area contributed by atoms with Gasteiger partial charge in [0.05, 0.1) is 28.2 Å². The normalized spacial score (nSPS) is 17.4. The first-order valence-electron chi connectivity index (χ1n) is 17.0. The van der Waals surface area contributed by atoms with Crippen LogP contribution in [0.3, 0.4) is 0 Å². The predicted molar refractivity (Wildman–Crippen MR) is 202 cm³/mol. The second-order valence-corrected chi connectivity index (χ2v) is 27.2. The number of ether oxygens (including phenoxy) is 3. The summed E-state index contributed by atoms with van der Waals surface area (Å²) < 4.78 is 21.4. The lowest BCUT2D eigenvalue weighted by Gasteiger charge is -2.31. The summed E-state index contributed by atoms with van der Waals surface area (Å²) in [5, 5.41) is 4.94. The lowest BCUT2D eigenvalue weighted by atomic mass is 9.85. The quantitative estimate of drug-likeness (QED) is 0.0684. The fourth-order valence-corrected chi connectivity index (χ4v) is 8.24. The maximum atomic E-state index is 6.37. The van der Waals surface area contributed by atoms with Crippen LogP contribution < -0.4 is 4.90 Å². The Morgan fingerprint density at radius 1 is 0.830 bits per heavy atom. The van der Waals surface area contributed by atoms with E-state index in [-0.39, 0.29) is 0 Å². The van der Waals surface area contributed by atoms with Crippen LogP contribution in [0.15, 0.2) is 59.3 Å².